The summed E-state index contributed by atoms with van der Waals surface area (Å²) < 4.78 is 20.6. The summed E-state index contributed by atoms with van der Waals surface area (Å²) in [5.74, 6) is 0.705. The Morgan fingerprint density at radius 1 is 1.07 bits per heavy atom. The maximum Gasteiger partial charge on any atom is 0.410 e. The first-order valence-corrected chi connectivity index (χ1v) is 14.6. The summed E-state index contributed by atoms with van der Waals surface area (Å²) in [7, 11) is 0. The van der Waals surface area contributed by atoms with Crippen LogP contribution in [0.1, 0.15) is 65.4 Å². The zero-order valence-corrected chi connectivity index (χ0v) is 26.3. The number of likely N-dealkylation sites (tertiary alicyclic amines) is 1. The van der Waals surface area contributed by atoms with Gasteiger partial charge in [0.25, 0.3) is 0 Å². The summed E-state index contributed by atoms with van der Waals surface area (Å²) in [5, 5.41) is 8.70. The zero-order valence-electron chi connectivity index (χ0n) is 26.3. The maximum absolute atomic E-state index is 12.8. The second-order valence-corrected chi connectivity index (χ2v) is 13.0. The van der Waals surface area contributed by atoms with Gasteiger partial charge in [0.15, 0.2) is 6.73 Å². The fourth-order valence-electron chi connectivity index (χ4n) is 5.23. The number of carbonyl (C=O) groups is 2. The molecule has 0 bridgehead atoms. The lowest BCUT2D eigenvalue weighted by Crippen LogP contribution is -2.35. The van der Waals surface area contributed by atoms with Crippen molar-refractivity contribution in [2.45, 2.75) is 79.9 Å². The third-order valence-electron chi connectivity index (χ3n) is 7.40. The number of nitrogen functional groups attached to an aromatic ring is 1. The Labute approximate surface area is 256 Å². The van der Waals surface area contributed by atoms with Gasteiger partial charge < -0.3 is 29.4 Å². The number of fused-ring (bicyclic) bond motifs is 1. The third kappa shape index (κ3) is 6.46. The lowest BCUT2D eigenvalue weighted by atomic mass is 9.98. The highest BCUT2D eigenvalue weighted by molar-refractivity contribution is 6.02. The molecule has 0 radical (unpaired) electrons. The predicted octanol–water partition coefficient (Wildman–Crippen LogP) is 4.89. The van der Waals surface area contributed by atoms with Crippen LogP contribution in [0.3, 0.4) is 0 Å². The summed E-state index contributed by atoms with van der Waals surface area (Å²) in [6, 6.07) is 7.71. The van der Waals surface area contributed by atoms with E-state index in [2.05, 4.69) is 24.8 Å². The minimum absolute atomic E-state index is 0.0109. The highest BCUT2D eigenvalue weighted by atomic mass is 16.6. The van der Waals surface area contributed by atoms with Crippen molar-refractivity contribution in [3.05, 3.63) is 48.2 Å². The van der Waals surface area contributed by atoms with Crippen LogP contribution in [0.4, 0.5) is 10.6 Å². The Balaban J connectivity index is 1.34. The molecule has 2 N–H and O–H groups in total. The number of anilines is 1. The molecule has 1 aliphatic heterocycles. The molecule has 13 heteroatoms. The van der Waals surface area contributed by atoms with Gasteiger partial charge in [-0.3, -0.25) is 4.79 Å². The minimum Gasteiger partial charge on any atom is -0.487 e. The largest absolute Gasteiger partial charge is 0.487 e. The second-order valence-electron chi connectivity index (χ2n) is 13.0. The molecule has 1 unspecified atom stereocenters. The van der Waals surface area contributed by atoms with Crippen LogP contribution in [-0.2, 0) is 27.6 Å². The lowest BCUT2D eigenvalue weighted by Gasteiger charge is -2.24. The van der Waals surface area contributed by atoms with E-state index in [1.54, 1.807) is 31.9 Å². The van der Waals surface area contributed by atoms with Crippen molar-refractivity contribution in [3.8, 4) is 16.9 Å². The molecule has 5 rings (SSSR count). The van der Waals surface area contributed by atoms with Gasteiger partial charge in [-0.2, -0.15) is 0 Å². The molecule has 1 aromatic carbocycles. The highest BCUT2D eigenvalue weighted by Crippen LogP contribution is 2.40. The van der Waals surface area contributed by atoms with Gasteiger partial charge >= 0.3 is 12.1 Å². The van der Waals surface area contributed by atoms with E-state index in [0.29, 0.717) is 30.4 Å². The molecule has 3 aromatic heterocycles. The first-order valence-electron chi connectivity index (χ1n) is 14.6. The van der Waals surface area contributed by atoms with Gasteiger partial charge in [-0.05, 0) is 72.6 Å². The van der Waals surface area contributed by atoms with Crippen LogP contribution >= 0.6 is 0 Å². The van der Waals surface area contributed by atoms with Crippen molar-refractivity contribution in [1.82, 2.24) is 34.4 Å². The number of aromatic nitrogens is 6. The van der Waals surface area contributed by atoms with E-state index < -0.39 is 11.0 Å². The van der Waals surface area contributed by atoms with Gasteiger partial charge in [0.05, 0.1) is 28.7 Å². The Morgan fingerprint density at radius 3 is 2.48 bits per heavy atom. The van der Waals surface area contributed by atoms with Crippen molar-refractivity contribution < 1.29 is 23.8 Å². The topological polar surface area (TPSA) is 153 Å². The number of hydrogen-bond acceptors (Lipinski definition) is 10. The van der Waals surface area contributed by atoms with Gasteiger partial charge in [-0.25, -0.2) is 19.4 Å². The number of benzene rings is 1. The summed E-state index contributed by atoms with van der Waals surface area (Å²) in [6.45, 7) is 14.3. The van der Waals surface area contributed by atoms with Crippen molar-refractivity contribution in [3.63, 3.8) is 0 Å². The molecule has 4 aromatic rings. The van der Waals surface area contributed by atoms with Crippen molar-refractivity contribution in [1.29, 1.82) is 0 Å². The summed E-state index contributed by atoms with van der Waals surface area (Å²) in [5.41, 5.74) is 9.48. The number of nitrogens with two attached hydrogens (primary N) is 1. The van der Waals surface area contributed by atoms with Crippen LogP contribution in [0.2, 0.25) is 0 Å². The number of ether oxygens (including phenoxy) is 3. The fourth-order valence-corrected chi connectivity index (χ4v) is 5.23. The van der Waals surface area contributed by atoms with E-state index in [-0.39, 0.29) is 31.4 Å². The molecule has 13 nitrogen and oxygen atoms in total. The molecule has 4 heterocycles. The summed E-state index contributed by atoms with van der Waals surface area (Å²) in [4.78, 5) is 35.5. The fraction of sp³-hybridized carbons (Fsp3) is 0.484. The first-order chi connectivity index (χ1) is 20.7. The van der Waals surface area contributed by atoms with Crippen LogP contribution < -0.4 is 10.5 Å². The molecule has 0 spiro atoms. The van der Waals surface area contributed by atoms with E-state index in [1.807, 2.05) is 52.0 Å². The van der Waals surface area contributed by atoms with Crippen molar-refractivity contribution in [2.24, 2.45) is 5.41 Å². The number of esters is 1. The number of nitrogens with zero attached hydrogens (tertiary/aromatic N) is 7. The Hall–Kier alpha value is -4.68. The molecule has 1 aliphatic rings. The average Bonchev–Trinajstić information content (AvgIpc) is 3.67. The van der Waals surface area contributed by atoms with E-state index in [4.69, 9.17) is 19.9 Å². The molecule has 1 amide bonds. The molecule has 1 atom stereocenters. The van der Waals surface area contributed by atoms with Gasteiger partial charge in [0.2, 0.25) is 0 Å². The predicted molar refractivity (Wildman–Crippen MR) is 163 cm³/mol. The SMILES string of the molecule is Cc1c(-c2ccc(OCc3cnnn3COC(=O)C(C)(C)C)cc2)c2c(N)ncnc2n1C1CCN(C(=O)OC(C)(C)C)C1. The number of amides is 1. The highest BCUT2D eigenvalue weighted by Gasteiger charge is 2.33. The third-order valence-corrected chi connectivity index (χ3v) is 7.40. The number of hydrogen-bond donors (Lipinski definition) is 1. The van der Waals surface area contributed by atoms with Gasteiger partial charge in [-0.1, -0.05) is 17.3 Å². The Bertz CT molecular complexity index is 1660. The zero-order chi connectivity index (χ0) is 31.8. The summed E-state index contributed by atoms with van der Waals surface area (Å²) >= 11 is 0. The first kappa shape index (κ1) is 30.8. The molecular formula is C31H40N8O5. The summed E-state index contributed by atoms with van der Waals surface area (Å²) in [6.07, 6.45) is 3.50. The normalized spacial score (nSPS) is 15.5. The Morgan fingerprint density at radius 2 is 1.80 bits per heavy atom. The van der Waals surface area contributed by atoms with Gasteiger partial charge in [0.1, 0.15) is 35.7 Å². The number of rotatable bonds is 7. The van der Waals surface area contributed by atoms with E-state index in [1.165, 1.54) is 11.0 Å². The molecule has 234 valence electrons. The van der Waals surface area contributed by atoms with Crippen LogP contribution in [0.15, 0.2) is 36.8 Å². The van der Waals surface area contributed by atoms with Crippen LogP contribution in [0.5, 0.6) is 5.75 Å². The van der Waals surface area contributed by atoms with Crippen LogP contribution in [0.25, 0.3) is 22.2 Å². The van der Waals surface area contributed by atoms with E-state index in [9.17, 15) is 9.59 Å². The van der Waals surface area contributed by atoms with E-state index >= 15 is 0 Å². The van der Waals surface area contributed by atoms with Crippen LogP contribution in [0, 0.1) is 12.3 Å². The molecule has 1 saturated heterocycles. The lowest BCUT2D eigenvalue weighted by molar-refractivity contribution is -0.157. The van der Waals surface area contributed by atoms with Crippen LogP contribution in [-0.4, -0.2) is 65.2 Å². The van der Waals surface area contributed by atoms with Gasteiger partial charge in [0, 0.05) is 24.3 Å². The molecular weight excluding hydrogens is 564 g/mol. The van der Waals surface area contributed by atoms with Gasteiger partial charge in [-0.15, -0.1) is 5.10 Å². The standard InChI is InChI=1S/C31H40N8O5/c1-19-24(20-8-10-23(11-9-20)42-16-22-14-35-36-38(22)18-43-28(40)30(2,3)4)25-26(32)33-17-34-27(25)39(19)21-12-13-37(15-21)29(41)44-31(5,6)7/h8-11,14,17,21H,12-13,15-16,18H2,1-7H3,(H2,32,33,34). The quantitative estimate of drug-likeness (QED) is 0.289. The average molecular weight is 605 g/mol. The molecule has 0 saturated carbocycles. The minimum atomic E-state index is -0.613. The maximum atomic E-state index is 12.8. The molecule has 0 aliphatic carbocycles. The number of carbonyl (C=O) groups excluding carboxylic acids is 2. The monoisotopic (exact) mass is 604 g/mol. The van der Waals surface area contributed by atoms with Crippen molar-refractivity contribution >= 4 is 28.9 Å². The molecule has 1 fully saturated rings. The molecule has 44 heavy (non-hydrogen) atoms. The Kier molecular flexibility index (Phi) is 8.23. The second kappa shape index (κ2) is 11.8. The van der Waals surface area contributed by atoms with E-state index in [0.717, 1.165) is 34.3 Å². The smallest absolute Gasteiger partial charge is 0.410 e. The van der Waals surface area contributed by atoms with Crippen molar-refractivity contribution in [2.75, 3.05) is 18.8 Å².